The molecule has 1 aliphatic rings. The lowest BCUT2D eigenvalue weighted by Gasteiger charge is -2.31. The summed E-state index contributed by atoms with van der Waals surface area (Å²) in [5.74, 6) is 2.24. The van der Waals surface area contributed by atoms with Gasteiger partial charge in [-0.25, -0.2) is 14.8 Å². The van der Waals surface area contributed by atoms with Gasteiger partial charge in [0.2, 0.25) is 5.89 Å². The Balaban J connectivity index is 1.84. The van der Waals surface area contributed by atoms with Crippen LogP contribution in [0.4, 0.5) is 4.79 Å². The van der Waals surface area contributed by atoms with Crippen LogP contribution in [0.2, 0.25) is 0 Å². The predicted octanol–water partition coefficient (Wildman–Crippen LogP) is 3.86. The van der Waals surface area contributed by atoms with E-state index in [0.29, 0.717) is 18.5 Å². The molecule has 1 aliphatic carbocycles. The van der Waals surface area contributed by atoms with Crippen molar-refractivity contribution in [3.63, 3.8) is 0 Å². The first-order valence-corrected chi connectivity index (χ1v) is 11.0. The van der Waals surface area contributed by atoms with Crippen LogP contribution in [0.1, 0.15) is 85.8 Å². The third-order valence-electron chi connectivity index (χ3n) is 4.80. The van der Waals surface area contributed by atoms with Gasteiger partial charge in [-0.05, 0) is 53.4 Å². The molecule has 30 heavy (non-hydrogen) atoms. The van der Waals surface area contributed by atoms with Gasteiger partial charge in [0.05, 0.1) is 6.20 Å². The predicted molar refractivity (Wildman–Crippen MR) is 119 cm³/mol. The molecular formula is C22H39N5O3. The van der Waals surface area contributed by atoms with Crippen LogP contribution in [0.25, 0.3) is 0 Å². The molecule has 1 fully saturated rings. The minimum absolute atomic E-state index is 0.0658. The summed E-state index contributed by atoms with van der Waals surface area (Å²) in [5.41, 5.74) is -0.541. The van der Waals surface area contributed by atoms with E-state index in [1.165, 1.54) is 0 Å². The Labute approximate surface area is 180 Å². The standard InChI is InChI=1S/C22H39N5O3/c1-8-23-19(25-14-18-24-13-17(29-18)21(2,3)4)26-15-9-11-16(12-10-15)27-20(28)30-22(5,6)7/h13,15-16H,8-12,14H2,1-7H3,(H,27,28)(H2,23,25,26). The first kappa shape index (κ1) is 24.0. The van der Waals surface area contributed by atoms with E-state index in [1.54, 1.807) is 6.20 Å². The zero-order valence-electron chi connectivity index (χ0n) is 19.6. The number of oxazole rings is 1. The van der Waals surface area contributed by atoms with E-state index < -0.39 is 5.60 Å². The number of hydrogen-bond donors (Lipinski definition) is 3. The van der Waals surface area contributed by atoms with Crippen LogP contribution in [0, 0.1) is 0 Å². The largest absolute Gasteiger partial charge is 0.444 e. The molecule has 1 saturated carbocycles. The topological polar surface area (TPSA) is 101 Å². The van der Waals surface area contributed by atoms with Crippen molar-refractivity contribution in [2.75, 3.05) is 6.54 Å². The number of rotatable bonds is 5. The van der Waals surface area contributed by atoms with Gasteiger partial charge in [-0.1, -0.05) is 20.8 Å². The van der Waals surface area contributed by atoms with Gasteiger partial charge in [0.1, 0.15) is 17.9 Å². The van der Waals surface area contributed by atoms with E-state index >= 15 is 0 Å². The maximum absolute atomic E-state index is 12.0. The van der Waals surface area contributed by atoms with Gasteiger partial charge in [-0.2, -0.15) is 0 Å². The number of alkyl carbamates (subject to hydrolysis) is 1. The molecular weight excluding hydrogens is 382 g/mol. The molecule has 0 unspecified atom stereocenters. The van der Waals surface area contributed by atoms with E-state index in [2.05, 4.69) is 46.7 Å². The number of nitrogens with zero attached hydrogens (tertiary/aromatic N) is 2. The molecule has 3 N–H and O–H groups in total. The highest BCUT2D eigenvalue weighted by Crippen LogP contribution is 2.23. The van der Waals surface area contributed by atoms with E-state index in [-0.39, 0.29) is 17.6 Å². The number of carbonyl (C=O) groups is 1. The third-order valence-corrected chi connectivity index (χ3v) is 4.80. The first-order valence-electron chi connectivity index (χ1n) is 11.0. The monoisotopic (exact) mass is 421 g/mol. The molecule has 1 heterocycles. The number of aromatic nitrogens is 1. The SMILES string of the molecule is CCNC(=NCc1ncc(C(C)(C)C)o1)NC1CCC(NC(=O)OC(C)(C)C)CC1. The van der Waals surface area contributed by atoms with E-state index in [0.717, 1.165) is 43.9 Å². The van der Waals surface area contributed by atoms with Crippen molar-refractivity contribution in [2.24, 2.45) is 4.99 Å². The number of carbonyl (C=O) groups excluding carboxylic acids is 1. The summed E-state index contributed by atoms with van der Waals surface area (Å²) in [4.78, 5) is 20.9. The Morgan fingerprint density at radius 1 is 1.13 bits per heavy atom. The molecule has 1 aromatic heterocycles. The normalized spacial score (nSPS) is 20.6. The average Bonchev–Trinajstić information content (AvgIpc) is 3.09. The zero-order chi connectivity index (χ0) is 22.4. The van der Waals surface area contributed by atoms with Gasteiger partial charge < -0.3 is 25.1 Å². The number of guanidine groups is 1. The minimum Gasteiger partial charge on any atom is -0.444 e. The lowest BCUT2D eigenvalue weighted by Crippen LogP contribution is -2.48. The van der Waals surface area contributed by atoms with Crippen LogP contribution >= 0.6 is 0 Å². The van der Waals surface area contributed by atoms with Crippen molar-refractivity contribution in [3.05, 3.63) is 17.8 Å². The van der Waals surface area contributed by atoms with Gasteiger partial charge in [0, 0.05) is 24.0 Å². The summed E-state index contributed by atoms with van der Waals surface area (Å²) in [6.45, 7) is 15.1. The molecule has 0 aromatic carbocycles. The molecule has 0 radical (unpaired) electrons. The Bertz CT molecular complexity index is 707. The van der Waals surface area contributed by atoms with Crippen LogP contribution in [0.15, 0.2) is 15.6 Å². The highest BCUT2D eigenvalue weighted by molar-refractivity contribution is 5.80. The van der Waals surface area contributed by atoms with Crippen LogP contribution < -0.4 is 16.0 Å². The van der Waals surface area contributed by atoms with Crippen molar-refractivity contribution >= 4 is 12.1 Å². The number of aliphatic imine (C=N–C) groups is 1. The summed E-state index contributed by atoms with van der Waals surface area (Å²) in [5, 5.41) is 9.77. The van der Waals surface area contributed by atoms with E-state index in [4.69, 9.17) is 9.15 Å². The number of hydrogen-bond acceptors (Lipinski definition) is 5. The van der Waals surface area contributed by atoms with Crippen LogP contribution in [0.3, 0.4) is 0 Å². The van der Waals surface area contributed by atoms with Crippen molar-refractivity contribution < 1.29 is 13.9 Å². The zero-order valence-corrected chi connectivity index (χ0v) is 19.6. The summed E-state index contributed by atoms with van der Waals surface area (Å²) >= 11 is 0. The molecule has 8 nitrogen and oxygen atoms in total. The summed E-state index contributed by atoms with van der Waals surface area (Å²) in [7, 11) is 0. The quantitative estimate of drug-likeness (QED) is 0.493. The van der Waals surface area contributed by atoms with Gasteiger partial charge in [0.15, 0.2) is 5.96 Å². The second-order valence-corrected chi connectivity index (χ2v) is 9.90. The molecule has 0 atom stereocenters. The smallest absolute Gasteiger partial charge is 0.407 e. The summed E-state index contributed by atoms with van der Waals surface area (Å²) in [6.07, 6.45) is 5.17. The Hall–Kier alpha value is -2.25. The van der Waals surface area contributed by atoms with Crippen LogP contribution in [-0.4, -0.2) is 41.3 Å². The molecule has 0 aliphatic heterocycles. The lowest BCUT2D eigenvalue weighted by molar-refractivity contribution is 0.0490. The molecule has 0 bridgehead atoms. The van der Waals surface area contributed by atoms with Crippen molar-refractivity contribution in [1.82, 2.24) is 20.9 Å². The molecule has 0 saturated heterocycles. The van der Waals surface area contributed by atoms with Crippen molar-refractivity contribution in [3.8, 4) is 0 Å². The number of amides is 1. The van der Waals surface area contributed by atoms with Gasteiger partial charge in [-0.15, -0.1) is 0 Å². The second-order valence-electron chi connectivity index (χ2n) is 9.90. The van der Waals surface area contributed by atoms with Gasteiger partial charge in [0.25, 0.3) is 0 Å². The number of nitrogens with one attached hydrogen (secondary N) is 3. The van der Waals surface area contributed by atoms with Gasteiger partial charge >= 0.3 is 6.09 Å². The van der Waals surface area contributed by atoms with Crippen LogP contribution in [-0.2, 0) is 16.7 Å². The first-order chi connectivity index (χ1) is 14.0. The fourth-order valence-electron chi connectivity index (χ4n) is 3.25. The van der Waals surface area contributed by atoms with Crippen molar-refractivity contribution in [1.29, 1.82) is 0 Å². The van der Waals surface area contributed by atoms with E-state index in [9.17, 15) is 4.79 Å². The van der Waals surface area contributed by atoms with Crippen molar-refractivity contribution in [2.45, 2.75) is 104 Å². The second kappa shape index (κ2) is 10.2. The Kier molecular flexibility index (Phi) is 8.15. The number of ether oxygens (including phenoxy) is 1. The molecule has 0 spiro atoms. The fourth-order valence-corrected chi connectivity index (χ4v) is 3.25. The maximum atomic E-state index is 12.0. The Morgan fingerprint density at radius 2 is 1.73 bits per heavy atom. The van der Waals surface area contributed by atoms with Crippen LogP contribution in [0.5, 0.6) is 0 Å². The minimum atomic E-state index is -0.476. The van der Waals surface area contributed by atoms with E-state index in [1.807, 2.05) is 27.7 Å². The fraction of sp³-hybridized carbons (Fsp3) is 0.773. The maximum Gasteiger partial charge on any atom is 0.407 e. The average molecular weight is 422 g/mol. The highest BCUT2D eigenvalue weighted by atomic mass is 16.6. The Morgan fingerprint density at radius 3 is 2.23 bits per heavy atom. The highest BCUT2D eigenvalue weighted by Gasteiger charge is 2.25. The molecule has 1 amide bonds. The molecule has 2 rings (SSSR count). The molecule has 170 valence electrons. The molecule has 1 aromatic rings. The van der Waals surface area contributed by atoms with Gasteiger partial charge in [-0.3, -0.25) is 0 Å². The summed E-state index contributed by atoms with van der Waals surface area (Å²) < 4.78 is 11.2. The summed E-state index contributed by atoms with van der Waals surface area (Å²) in [6, 6.07) is 0.467. The lowest BCUT2D eigenvalue weighted by atomic mass is 9.91. The molecule has 8 heteroatoms. The third kappa shape index (κ3) is 8.24.